The van der Waals surface area contributed by atoms with Crippen molar-refractivity contribution < 1.29 is 4.79 Å². The van der Waals surface area contributed by atoms with E-state index in [0.717, 1.165) is 23.7 Å². The van der Waals surface area contributed by atoms with Crippen LogP contribution in [-0.4, -0.2) is 25.5 Å². The molecular formula is C16H23N3O. The van der Waals surface area contributed by atoms with Crippen LogP contribution in [0.2, 0.25) is 0 Å². The van der Waals surface area contributed by atoms with Crippen molar-refractivity contribution in [3.63, 3.8) is 0 Å². The lowest BCUT2D eigenvalue weighted by Crippen LogP contribution is -2.40. The van der Waals surface area contributed by atoms with Gasteiger partial charge >= 0.3 is 0 Å². The number of amides is 1. The predicted octanol–water partition coefficient (Wildman–Crippen LogP) is 2.52. The minimum atomic E-state index is -0.210. The Morgan fingerprint density at radius 1 is 1.35 bits per heavy atom. The average molecular weight is 273 g/mol. The zero-order chi connectivity index (χ0) is 14.3. The number of benzene rings is 1. The molecule has 0 spiro atoms. The number of hydrogen-bond donors (Lipinski definition) is 2. The van der Waals surface area contributed by atoms with Crippen molar-refractivity contribution in [2.24, 2.45) is 5.92 Å². The third-order valence-electron chi connectivity index (χ3n) is 4.63. The van der Waals surface area contributed by atoms with E-state index in [1.54, 1.807) is 0 Å². The van der Waals surface area contributed by atoms with E-state index in [1.165, 1.54) is 18.5 Å². The van der Waals surface area contributed by atoms with Crippen molar-refractivity contribution in [2.45, 2.75) is 38.8 Å². The molecule has 4 heteroatoms. The van der Waals surface area contributed by atoms with Gasteiger partial charge in [-0.2, -0.15) is 0 Å². The molecule has 2 aliphatic heterocycles. The van der Waals surface area contributed by atoms with E-state index in [9.17, 15) is 4.79 Å². The number of carbonyl (C=O) groups excluding carboxylic acids is 1. The Morgan fingerprint density at radius 2 is 2.15 bits per heavy atom. The van der Waals surface area contributed by atoms with E-state index in [2.05, 4.69) is 47.6 Å². The first-order valence-corrected chi connectivity index (χ1v) is 7.49. The molecule has 0 saturated carbocycles. The molecule has 0 aromatic heterocycles. The lowest BCUT2D eigenvalue weighted by Gasteiger charge is -2.38. The average Bonchev–Trinajstić information content (AvgIpc) is 2.72. The summed E-state index contributed by atoms with van der Waals surface area (Å²) in [4.78, 5) is 14.3. The number of anilines is 2. The standard InChI is InChI=1S/C16H23N3O/c1-10-6-7-19(11(2)8-10)12-4-5-13-14(9-12)18-16(20)15(13)17-3/h4-5,9-11,15,17H,6-8H2,1-3H3,(H,18,20). The third kappa shape index (κ3) is 2.18. The van der Waals surface area contributed by atoms with Crippen LogP contribution in [0.15, 0.2) is 18.2 Å². The number of hydrogen-bond acceptors (Lipinski definition) is 3. The van der Waals surface area contributed by atoms with Crippen molar-refractivity contribution in [1.82, 2.24) is 5.32 Å². The summed E-state index contributed by atoms with van der Waals surface area (Å²) in [6.45, 7) is 5.72. The lowest BCUT2D eigenvalue weighted by atomic mass is 9.92. The molecule has 108 valence electrons. The lowest BCUT2D eigenvalue weighted by molar-refractivity contribution is -0.117. The van der Waals surface area contributed by atoms with Gasteiger partial charge in [-0.15, -0.1) is 0 Å². The molecule has 4 nitrogen and oxygen atoms in total. The molecule has 1 saturated heterocycles. The molecular weight excluding hydrogens is 250 g/mol. The second kappa shape index (κ2) is 5.09. The van der Waals surface area contributed by atoms with E-state index in [0.29, 0.717) is 6.04 Å². The van der Waals surface area contributed by atoms with Crippen LogP contribution in [0, 0.1) is 5.92 Å². The van der Waals surface area contributed by atoms with Crippen LogP contribution in [0.25, 0.3) is 0 Å². The van der Waals surface area contributed by atoms with Gasteiger partial charge < -0.3 is 15.5 Å². The molecule has 3 atom stereocenters. The molecule has 2 aliphatic rings. The maximum atomic E-state index is 11.9. The van der Waals surface area contributed by atoms with E-state index in [1.807, 2.05) is 7.05 Å². The Bertz CT molecular complexity index is 528. The Morgan fingerprint density at radius 3 is 2.85 bits per heavy atom. The van der Waals surface area contributed by atoms with Crippen LogP contribution in [0.4, 0.5) is 11.4 Å². The Labute approximate surface area is 120 Å². The van der Waals surface area contributed by atoms with Crippen molar-refractivity contribution in [3.05, 3.63) is 23.8 Å². The summed E-state index contributed by atoms with van der Waals surface area (Å²) in [5, 5.41) is 6.03. The molecule has 1 amide bonds. The Kier molecular flexibility index (Phi) is 3.42. The van der Waals surface area contributed by atoms with Crippen LogP contribution in [0.1, 0.15) is 38.3 Å². The molecule has 20 heavy (non-hydrogen) atoms. The fraction of sp³-hybridized carbons (Fsp3) is 0.562. The highest BCUT2D eigenvalue weighted by Crippen LogP contribution is 2.36. The molecule has 2 N–H and O–H groups in total. The predicted molar refractivity (Wildman–Crippen MR) is 82.1 cm³/mol. The van der Waals surface area contributed by atoms with Crippen LogP contribution in [0.3, 0.4) is 0 Å². The minimum Gasteiger partial charge on any atom is -0.369 e. The van der Waals surface area contributed by atoms with E-state index >= 15 is 0 Å². The SMILES string of the molecule is CNC1C(=O)Nc2cc(N3CCC(C)CC3C)ccc21. The zero-order valence-corrected chi connectivity index (χ0v) is 12.4. The summed E-state index contributed by atoms with van der Waals surface area (Å²) in [6, 6.07) is 6.70. The Hall–Kier alpha value is -1.55. The molecule has 1 aromatic carbocycles. The first-order chi connectivity index (χ1) is 9.60. The number of nitrogens with zero attached hydrogens (tertiary/aromatic N) is 1. The summed E-state index contributed by atoms with van der Waals surface area (Å²) in [6.07, 6.45) is 2.48. The topological polar surface area (TPSA) is 44.4 Å². The first kappa shape index (κ1) is 13.4. The van der Waals surface area contributed by atoms with E-state index in [-0.39, 0.29) is 11.9 Å². The van der Waals surface area contributed by atoms with Crippen molar-refractivity contribution >= 4 is 17.3 Å². The van der Waals surface area contributed by atoms with Gasteiger partial charge in [0.05, 0.1) is 0 Å². The number of fused-ring (bicyclic) bond motifs is 1. The minimum absolute atomic E-state index is 0.0416. The highest BCUT2D eigenvalue weighted by Gasteiger charge is 2.30. The van der Waals surface area contributed by atoms with Gasteiger partial charge in [0.1, 0.15) is 6.04 Å². The highest BCUT2D eigenvalue weighted by atomic mass is 16.2. The number of rotatable bonds is 2. The van der Waals surface area contributed by atoms with Gasteiger partial charge in [-0.25, -0.2) is 0 Å². The molecule has 0 radical (unpaired) electrons. The zero-order valence-electron chi connectivity index (χ0n) is 12.4. The smallest absolute Gasteiger partial charge is 0.246 e. The van der Waals surface area contributed by atoms with Gasteiger partial charge in [0, 0.05) is 29.5 Å². The van der Waals surface area contributed by atoms with Crippen LogP contribution in [-0.2, 0) is 4.79 Å². The summed E-state index contributed by atoms with van der Waals surface area (Å²) in [7, 11) is 1.82. The normalized spacial score (nSPS) is 29.2. The highest BCUT2D eigenvalue weighted by molar-refractivity contribution is 6.03. The number of piperidine rings is 1. The second-order valence-electron chi connectivity index (χ2n) is 6.15. The number of carbonyl (C=O) groups is 1. The van der Waals surface area contributed by atoms with E-state index < -0.39 is 0 Å². The molecule has 3 rings (SSSR count). The second-order valence-corrected chi connectivity index (χ2v) is 6.15. The van der Waals surface area contributed by atoms with Gasteiger partial charge in [0.2, 0.25) is 5.91 Å². The van der Waals surface area contributed by atoms with Crippen molar-refractivity contribution in [2.75, 3.05) is 23.8 Å². The largest absolute Gasteiger partial charge is 0.369 e. The summed E-state index contributed by atoms with van der Waals surface area (Å²) in [5.41, 5.74) is 3.23. The number of likely N-dealkylation sites (N-methyl/N-ethyl adjacent to an activating group) is 1. The third-order valence-corrected chi connectivity index (χ3v) is 4.63. The monoisotopic (exact) mass is 273 g/mol. The Balaban J connectivity index is 1.87. The summed E-state index contributed by atoms with van der Waals surface area (Å²) in [5.74, 6) is 0.851. The molecule has 1 fully saturated rings. The maximum Gasteiger partial charge on any atom is 0.246 e. The molecule has 0 aliphatic carbocycles. The molecule has 1 aromatic rings. The van der Waals surface area contributed by atoms with Crippen molar-refractivity contribution in [1.29, 1.82) is 0 Å². The number of nitrogens with one attached hydrogen (secondary N) is 2. The maximum absolute atomic E-state index is 11.9. The van der Waals surface area contributed by atoms with Crippen LogP contribution < -0.4 is 15.5 Å². The van der Waals surface area contributed by atoms with Gasteiger partial charge in [-0.3, -0.25) is 4.79 Å². The van der Waals surface area contributed by atoms with Crippen LogP contribution >= 0.6 is 0 Å². The fourth-order valence-corrected chi connectivity index (χ4v) is 3.51. The van der Waals surface area contributed by atoms with Gasteiger partial charge in [0.15, 0.2) is 0 Å². The molecule has 2 heterocycles. The molecule has 0 bridgehead atoms. The first-order valence-electron chi connectivity index (χ1n) is 7.49. The summed E-state index contributed by atoms with van der Waals surface area (Å²) >= 11 is 0. The van der Waals surface area contributed by atoms with E-state index in [4.69, 9.17) is 0 Å². The van der Waals surface area contributed by atoms with Gasteiger partial charge in [0.25, 0.3) is 0 Å². The molecule has 3 unspecified atom stereocenters. The quantitative estimate of drug-likeness (QED) is 0.870. The van der Waals surface area contributed by atoms with Gasteiger partial charge in [-0.1, -0.05) is 13.0 Å². The van der Waals surface area contributed by atoms with Crippen molar-refractivity contribution in [3.8, 4) is 0 Å². The fourth-order valence-electron chi connectivity index (χ4n) is 3.51. The van der Waals surface area contributed by atoms with Crippen LogP contribution in [0.5, 0.6) is 0 Å². The summed E-state index contributed by atoms with van der Waals surface area (Å²) < 4.78 is 0. The van der Waals surface area contributed by atoms with Gasteiger partial charge in [-0.05, 0) is 44.9 Å².